The van der Waals surface area contributed by atoms with Gasteiger partial charge in [0, 0.05) is 21.6 Å². The number of sulfonamides is 1. The van der Waals surface area contributed by atoms with Crippen molar-refractivity contribution in [2.45, 2.75) is 67.8 Å². The zero-order chi connectivity index (χ0) is 23.1. The van der Waals surface area contributed by atoms with E-state index in [0.29, 0.717) is 36.5 Å². The summed E-state index contributed by atoms with van der Waals surface area (Å²) >= 11 is 3.97. The number of fused-ring (bicyclic) bond motifs is 2. The number of hydrogen-bond donors (Lipinski definition) is 2. The van der Waals surface area contributed by atoms with Crippen LogP contribution in [0.5, 0.6) is 0 Å². The molecule has 11 heteroatoms. The molecule has 1 aromatic carbocycles. The zero-order valence-electron chi connectivity index (χ0n) is 18.4. The molecule has 0 fully saturated rings. The number of nitrogen functional groups attached to an aromatic ring is 1. The van der Waals surface area contributed by atoms with Crippen LogP contribution in [-0.4, -0.2) is 39.2 Å². The molecule has 2 aromatic heterocycles. The van der Waals surface area contributed by atoms with Crippen LogP contribution in [0.15, 0.2) is 28.5 Å². The first kappa shape index (κ1) is 23.7. The molecule has 3 N–H and O–H groups in total. The second kappa shape index (κ2) is 9.07. The normalized spacial score (nSPS) is 14.2. The fourth-order valence-electron chi connectivity index (χ4n) is 3.62. The Kier molecular flexibility index (Phi) is 6.72. The van der Waals surface area contributed by atoms with Gasteiger partial charge in [-0.25, -0.2) is 28.1 Å². The Labute approximate surface area is 206 Å². The van der Waals surface area contributed by atoms with Gasteiger partial charge in [-0.15, -0.1) is 0 Å². The number of aryl methyl sites for hydroxylation is 3. The summed E-state index contributed by atoms with van der Waals surface area (Å²) in [5.74, 6) is 0.340. The molecule has 8 nitrogen and oxygen atoms in total. The standard InChI is InChI=1S/C21H27IN6O2S2/c1-21(2,3)32(29,30)26-8-5-9-28-19-17(18(23)24-12-25-19)27-20(28)31-16-11-14-7-4-6-13(14)10-15(16)22/h10-12,26H,4-9H2,1-3H3,(H2,23,24,25). The van der Waals surface area contributed by atoms with E-state index in [1.165, 1.54) is 27.4 Å². The molecule has 0 radical (unpaired) electrons. The molecular weight excluding hydrogens is 559 g/mol. The zero-order valence-corrected chi connectivity index (χ0v) is 22.1. The summed E-state index contributed by atoms with van der Waals surface area (Å²) in [5, 5.41) is 0.779. The van der Waals surface area contributed by atoms with E-state index in [9.17, 15) is 8.42 Å². The lowest BCUT2D eigenvalue weighted by atomic mass is 10.1. The van der Waals surface area contributed by atoms with Crippen LogP contribution in [0.1, 0.15) is 44.7 Å². The van der Waals surface area contributed by atoms with E-state index in [1.807, 2.05) is 4.57 Å². The van der Waals surface area contributed by atoms with E-state index in [0.717, 1.165) is 22.9 Å². The van der Waals surface area contributed by atoms with Crippen LogP contribution in [-0.2, 0) is 29.4 Å². The quantitative estimate of drug-likeness (QED) is 0.320. The van der Waals surface area contributed by atoms with Crippen LogP contribution in [0.4, 0.5) is 5.82 Å². The van der Waals surface area contributed by atoms with Crippen LogP contribution < -0.4 is 10.5 Å². The van der Waals surface area contributed by atoms with Crippen LogP contribution in [0.25, 0.3) is 11.2 Å². The van der Waals surface area contributed by atoms with Gasteiger partial charge in [-0.05, 0) is 92.3 Å². The van der Waals surface area contributed by atoms with Crippen molar-refractivity contribution in [3.63, 3.8) is 0 Å². The van der Waals surface area contributed by atoms with E-state index >= 15 is 0 Å². The molecule has 172 valence electrons. The van der Waals surface area contributed by atoms with Gasteiger partial charge in [-0.1, -0.05) is 11.8 Å². The maximum Gasteiger partial charge on any atom is 0.216 e. The van der Waals surface area contributed by atoms with Gasteiger partial charge in [0.1, 0.15) is 6.33 Å². The number of rotatable bonds is 7. The molecule has 0 saturated carbocycles. The number of benzene rings is 1. The third kappa shape index (κ3) is 4.75. The highest BCUT2D eigenvalue weighted by molar-refractivity contribution is 14.1. The Morgan fingerprint density at radius 2 is 1.94 bits per heavy atom. The molecule has 4 rings (SSSR count). The molecule has 1 aliphatic carbocycles. The van der Waals surface area contributed by atoms with Crippen molar-refractivity contribution in [2.75, 3.05) is 12.3 Å². The lowest BCUT2D eigenvalue weighted by Crippen LogP contribution is -2.39. The molecule has 0 atom stereocenters. The number of halogens is 1. The van der Waals surface area contributed by atoms with Crippen molar-refractivity contribution in [1.82, 2.24) is 24.2 Å². The fourth-order valence-corrected chi connectivity index (χ4v) is 6.31. The Bertz CT molecular complexity index is 1270. The number of aromatic nitrogens is 4. The highest BCUT2D eigenvalue weighted by atomic mass is 127. The minimum absolute atomic E-state index is 0.334. The van der Waals surface area contributed by atoms with Crippen molar-refractivity contribution >= 4 is 61.4 Å². The molecule has 0 unspecified atom stereocenters. The summed E-state index contributed by atoms with van der Waals surface area (Å²) in [7, 11) is -3.38. The number of imidazole rings is 1. The molecule has 1 aliphatic rings. The number of anilines is 1. The van der Waals surface area contributed by atoms with E-state index in [2.05, 4.69) is 49.4 Å². The second-order valence-corrected chi connectivity index (χ2v) is 13.5. The van der Waals surface area contributed by atoms with Crippen molar-refractivity contribution < 1.29 is 8.42 Å². The fraction of sp³-hybridized carbons (Fsp3) is 0.476. The van der Waals surface area contributed by atoms with Crippen molar-refractivity contribution in [2.24, 2.45) is 0 Å². The minimum atomic E-state index is -3.38. The Morgan fingerprint density at radius 1 is 1.22 bits per heavy atom. The van der Waals surface area contributed by atoms with Gasteiger partial charge in [0.25, 0.3) is 0 Å². The highest BCUT2D eigenvalue weighted by Gasteiger charge is 2.28. The minimum Gasteiger partial charge on any atom is -0.382 e. The van der Waals surface area contributed by atoms with Crippen LogP contribution in [0, 0.1) is 3.57 Å². The van der Waals surface area contributed by atoms with Crippen LogP contribution in [0.3, 0.4) is 0 Å². The molecule has 0 spiro atoms. The van der Waals surface area contributed by atoms with Crippen LogP contribution >= 0.6 is 34.4 Å². The topological polar surface area (TPSA) is 116 Å². The number of nitrogens with zero attached hydrogens (tertiary/aromatic N) is 4. The number of nitrogens with one attached hydrogen (secondary N) is 1. The first-order valence-corrected chi connectivity index (χ1v) is 13.9. The molecule has 0 saturated heterocycles. The van der Waals surface area contributed by atoms with Gasteiger partial charge in [-0.2, -0.15) is 0 Å². The van der Waals surface area contributed by atoms with Crippen molar-refractivity contribution in [1.29, 1.82) is 0 Å². The van der Waals surface area contributed by atoms with Gasteiger partial charge in [0.05, 0.1) is 4.75 Å². The average molecular weight is 587 g/mol. The van der Waals surface area contributed by atoms with Crippen molar-refractivity contribution in [3.8, 4) is 0 Å². The van der Waals surface area contributed by atoms with Gasteiger partial charge >= 0.3 is 0 Å². The maximum atomic E-state index is 12.3. The van der Waals surface area contributed by atoms with E-state index in [-0.39, 0.29) is 0 Å². The summed E-state index contributed by atoms with van der Waals surface area (Å²) in [4.78, 5) is 14.4. The van der Waals surface area contributed by atoms with Crippen LogP contribution in [0.2, 0.25) is 0 Å². The lowest BCUT2D eigenvalue weighted by molar-refractivity contribution is 0.534. The first-order valence-electron chi connectivity index (χ1n) is 10.5. The lowest BCUT2D eigenvalue weighted by Gasteiger charge is -2.19. The summed E-state index contributed by atoms with van der Waals surface area (Å²) in [6.07, 6.45) is 5.49. The summed E-state index contributed by atoms with van der Waals surface area (Å²) in [6, 6.07) is 4.54. The SMILES string of the molecule is CC(C)(C)S(=O)(=O)NCCCn1c(Sc2cc3c(cc2I)CCC3)nc2c(N)ncnc21. The average Bonchev–Trinajstić information content (AvgIpc) is 3.29. The second-order valence-electron chi connectivity index (χ2n) is 8.85. The smallest absolute Gasteiger partial charge is 0.216 e. The molecule has 32 heavy (non-hydrogen) atoms. The van der Waals surface area contributed by atoms with Crippen molar-refractivity contribution in [3.05, 3.63) is 33.2 Å². The Hall–Kier alpha value is -1.44. The monoisotopic (exact) mass is 586 g/mol. The predicted molar refractivity (Wildman–Crippen MR) is 136 cm³/mol. The summed E-state index contributed by atoms with van der Waals surface area (Å²) in [6.45, 7) is 5.95. The maximum absolute atomic E-state index is 12.3. The summed E-state index contributed by atoms with van der Waals surface area (Å²) < 4.78 is 29.7. The highest BCUT2D eigenvalue weighted by Crippen LogP contribution is 2.37. The molecule has 3 aromatic rings. The molecular formula is C21H27IN6O2S2. The van der Waals surface area contributed by atoms with E-state index in [1.54, 1.807) is 32.5 Å². The number of nitrogens with two attached hydrogens (primary N) is 1. The Balaban J connectivity index is 1.59. The van der Waals surface area contributed by atoms with Gasteiger partial charge in [-0.3, -0.25) is 0 Å². The first-order chi connectivity index (χ1) is 15.1. The predicted octanol–water partition coefficient (Wildman–Crippen LogP) is 3.76. The summed E-state index contributed by atoms with van der Waals surface area (Å²) in [5.41, 5.74) is 10.1. The van der Waals surface area contributed by atoms with E-state index in [4.69, 9.17) is 10.7 Å². The van der Waals surface area contributed by atoms with Gasteiger partial charge < -0.3 is 10.3 Å². The van der Waals surface area contributed by atoms with E-state index < -0.39 is 14.8 Å². The molecule has 2 heterocycles. The van der Waals surface area contributed by atoms with Gasteiger partial charge in [0.15, 0.2) is 22.1 Å². The third-order valence-corrected chi connectivity index (χ3v) is 10.0. The molecule has 0 bridgehead atoms. The molecule has 0 aliphatic heterocycles. The van der Waals surface area contributed by atoms with Gasteiger partial charge in [0.2, 0.25) is 10.0 Å². The Morgan fingerprint density at radius 3 is 2.66 bits per heavy atom. The number of hydrogen-bond acceptors (Lipinski definition) is 7. The third-order valence-electron chi connectivity index (χ3n) is 5.53. The largest absolute Gasteiger partial charge is 0.382 e. The molecule has 0 amide bonds.